The molecule has 7 rings (SSSR count). The van der Waals surface area contributed by atoms with Crippen molar-refractivity contribution in [3.05, 3.63) is 81.5 Å². The SMILES string of the molecule is CCCc1cc(Cl)ccc1C1COc2ccc3cc2N(C1)CC1CCC1C(O)(CN1CCc2cnc(OC)cc2C1)CCCC(C)C(C)S(=O)NC3=O. The van der Waals surface area contributed by atoms with E-state index in [1.165, 1.54) is 22.3 Å². The quantitative estimate of drug-likeness (QED) is 0.275. The molecule has 7 unspecified atom stereocenters. The van der Waals surface area contributed by atoms with E-state index in [9.17, 15) is 14.1 Å². The van der Waals surface area contributed by atoms with Gasteiger partial charge in [-0.2, -0.15) is 0 Å². The number of benzene rings is 2. The first-order valence-electron chi connectivity index (χ1n) is 19.5. The summed E-state index contributed by atoms with van der Waals surface area (Å²) in [6.07, 6.45) is 9.08. The monoisotopic (exact) mass is 762 g/mol. The second-order valence-electron chi connectivity index (χ2n) is 16.0. The Morgan fingerprint density at radius 3 is 2.74 bits per heavy atom. The van der Waals surface area contributed by atoms with Crippen LogP contribution in [-0.4, -0.2) is 75.9 Å². The Hall–Kier alpha value is -3.18. The van der Waals surface area contributed by atoms with E-state index in [2.05, 4.69) is 45.5 Å². The van der Waals surface area contributed by atoms with Gasteiger partial charge in [0.05, 0.1) is 30.3 Å². The largest absolute Gasteiger partial charge is 0.491 e. The topological polar surface area (TPSA) is 104 Å². The van der Waals surface area contributed by atoms with Crippen molar-refractivity contribution in [2.24, 2.45) is 17.8 Å². The summed E-state index contributed by atoms with van der Waals surface area (Å²) in [6, 6.07) is 13.8. The zero-order chi connectivity index (χ0) is 37.3. The number of nitrogens with zero attached hydrogens (tertiary/aromatic N) is 3. The fourth-order valence-corrected chi connectivity index (χ4v) is 10.4. The first-order valence-corrected chi connectivity index (χ1v) is 21.1. The third-order valence-electron chi connectivity index (χ3n) is 12.5. The van der Waals surface area contributed by atoms with Gasteiger partial charge in [-0.25, -0.2) is 9.19 Å². The van der Waals surface area contributed by atoms with E-state index in [-0.39, 0.29) is 34.8 Å². The molecule has 4 aliphatic rings. The van der Waals surface area contributed by atoms with E-state index >= 15 is 0 Å². The number of hydrogen-bond donors (Lipinski definition) is 2. The molecule has 2 aromatic carbocycles. The van der Waals surface area contributed by atoms with E-state index in [0.29, 0.717) is 37.6 Å². The van der Waals surface area contributed by atoms with E-state index in [1.54, 1.807) is 13.2 Å². The number of halogens is 1. The van der Waals surface area contributed by atoms with Gasteiger partial charge in [0, 0.05) is 61.5 Å². The van der Waals surface area contributed by atoms with Gasteiger partial charge in [-0.1, -0.05) is 44.4 Å². The highest BCUT2D eigenvalue weighted by Gasteiger charge is 2.48. The van der Waals surface area contributed by atoms with Crippen LogP contribution < -0.4 is 19.1 Å². The number of pyridine rings is 1. The summed E-state index contributed by atoms with van der Waals surface area (Å²) in [4.78, 5) is 22.8. The summed E-state index contributed by atoms with van der Waals surface area (Å²) in [5.74, 6) is 1.59. The Morgan fingerprint density at radius 1 is 1.11 bits per heavy atom. The molecule has 9 nitrogen and oxygen atoms in total. The number of nitrogens with one attached hydrogen (secondary N) is 1. The molecule has 53 heavy (non-hydrogen) atoms. The summed E-state index contributed by atoms with van der Waals surface area (Å²) in [7, 11) is 0.0875. The molecule has 0 radical (unpaired) electrons. The van der Waals surface area contributed by atoms with E-state index in [4.69, 9.17) is 21.1 Å². The first kappa shape index (κ1) is 38.1. The molecule has 4 heterocycles. The van der Waals surface area contributed by atoms with Crippen LogP contribution >= 0.6 is 11.6 Å². The van der Waals surface area contributed by atoms with Crippen molar-refractivity contribution in [3.63, 3.8) is 0 Å². The number of amides is 1. The Kier molecular flexibility index (Phi) is 11.7. The van der Waals surface area contributed by atoms with Crippen LogP contribution in [0.25, 0.3) is 0 Å². The van der Waals surface area contributed by atoms with Crippen LogP contribution in [-0.2, 0) is 30.4 Å². The molecule has 286 valence electrons. The highest BCUT2D eigenvalue weighted by atomic mass is 35.5. The lowest BCUT2D eigenvalue weighted by Crippen LogP contribution is -2.56. The number of carbonyl (C=O) groups is 1. The molecule has 3 aliphatic heterocycles. The van der Waals surface area contributed by atoms with Gasteiger partial charge in [0.2, 0.25) is 5.88 Å². The van der Waals surface area contributed by atoms with E-state index in [1.807, 2.05) is 37.4 Å². The minimum Gasteiger partial charge on any atom is -0.491 e. The molecule has 1 aromatic heterocycles. The van der Waals surface area contributed by atoms with Crippen LogP contribution in [0.4, 0.5) is 5.69 Å². The van der Waals surface area contributed by atoms with Gasteiger partial charge < -0.3 is 19.5 Å². The number of ether oxygens (including phenoxy) is 2. The molecular formula is C42H55ClN4O5S. The van der Waals surface area contributed by atoms with Crippen LogP contribution in [0.1, 0.15) is 97.8 Å². The Morgan fingerprint density at radius 2 is 1.96 bits per heavy atom. The predicted octanol–water partition coefficient (Wildman–Crippen LogP) is 7.10. The molecule has 2 N–H and O–H groups in total. The fraction of sp³-hybridized carbons (Fsp3) is 0.571. The second kappa shape index (κ2) is 16.3. The van der Waals surface area contributed by atoms with Crippen LogP contribution in [0.2, 0.25) is 5.02 Å². The van der Waals surface area contributed by atoms with Crippen molar-refractivity contribution in [1.82, 2.24) is 14.6 Å². The molecule has 7 atom stereocenters. The number of fused-ring (bicyclic) bond motifs is 3. The molecule has 0 spiro atoms. The van der Waals surface area contributed by atoms with Crippen molar-refractivity contribution >= 4 is 34.2 Å². The molecular weight excluding hydrogens is 708 g/mol. The number of anilines is 1. The smallest absolute Gasteiger partial charge is 0.263 e. The van der Waals surface area contributed by atoms with Gasteiger partial charge in [-0.15, -0.1) is 0 Å². The molecule has 1 saturated carbocycles. The minimum absolute atomic E-state index is 0.0799. The van der Waals surface area contributed by atoms with Crippen molar-refractivity contribution in [2.45, 2.75) is 95.5 Å². The van der Waals surface area contributed by atoms with Crippen LogP contribution in [0.15, 0.2) is 48.7 Å². The van der Waals surface area contributed by atoms with Gasteiger partial charge in [0.1, 0.15) is 16.7 Å². The van der Waals surface area contributed by atoms with E-state index in [0.717, 1.165) is 81.0 Å². The lowest BCUT2D eigenvalue weighted by atomic mass is 9.62. The van der Waals surface area contributed by atoms with Crippen molar-refractivity contribution in [2.75, 3.05) is 44.8 Å². The zero-order valence-electron chi connectivity index (χ0n) is 31.6. The first-order chi connectivity index (χ1) is 25.5. The molecule has 3 aromatic rings. The number of aliphatic hydroxyl groups is 1. The zero-order valence-corrected chi connectivity index (χ0v) is 33.2. The van der Waals surface area contributed by atoms with Gasteiger partial charge in [0.15, 0.2) is 0 Å². The van der Waals surface area contributed by atoms with Crippen molar-refractivity contribution in [1.29, 1.82) is 0 Å². The average molecular weight is 763 g/mol. The number of hydrogen-bond acceptors (Lipinski definition) is 8. The van der Waals surface area contributed by atoms with E-state index < -0.39 is 16.6 Å². The third-order valence-corrected chi connectivity index (χ3v) is 14.3. The number of aromatic nitrogens is 1. The number of methoxy groups -OCH3 is 1. The predicted molar refractivity (Wildman–Crippen MR) is 211 cm³/mol. The molecule has 1 aliphatic carbocycles. The summed E-state index contributed by atoms with van der Waals surface area (Å²) in [6.45, 7) is 10.4. The maximum absolute atomic E-state index is 13.6. The summed E-state index contributed by atoms with van der Waals surface area (Å²) in [5, 5.41) is 13.4. The van der Waals surface area contributed by atoms with Crippen LogP contribution in [0, 0.1) is 17.8 Å². The lowest BCUT2D eigenvalue weighted by Gasteiger charge is -2.51. The Bertz CT molecular complexity index is 1830. The summed E-state index contributed by atoms with van der Waals surface area (Å²) in [5.41, 5.74) is 5.39. The Balaban J connectivity index is 1.23. The number of β-amino-alcohol motifs (C(OH)–C–C–N with tert-alkyl or cyclic N) is 1. The minimum atomic E-state index is -1.56. The maximum atomic E-state index is 13.6. The molecule has 2 bridgehead atoms. The number of carbonyl (C=O) groups excluding carboxylic acids is 1. The van der Waals surface area contributed by atoms with Crippen LogP contribution in [0.5, 0.6) is 11.6 Å². The molecule has 1 fully saturated rings. The number of aryl methyl sites for hydroxylation is 1. The van der Waals surface area contributed by atoms with Crippen molar-refractivity contribution in [3.8, 4) is 11.6 Å². The lowest BCUT2D eigenvalue weighted by molar-refractivity contribution is -0.107. The average Bonchev–Trinajstić information content (AvgIpc) is 3.31. The van der Waals surface area contributed by atoms with Gasteiger partial charge >= 0.3 is 0 Å². The van der Waals surface area contributed by atoms with Crippen LogP contribution in [0.3, 0.4) is 0 Å². The highest BCUT2D eigenvalue weighted by Crippen LogP contribution is 2.47. The van der Waals surface area contributed by atoms with Gasteiger partial charge in [0.25, 0.3) is 5.91 Å². The van der Waals surface area contributed by atoms with Gasteiger partial charge in [-0.3, -0.25) is 14.4 Å². The highest BCUT2D eigenvalue weighted by molar-refractivity contribution is 7.84. The Labute approximate surface area is 322 Å². The normalized spacial score (nSPS) is 29.5. The molecule has 1 amide bonds. The summed E-state index contributed by atoms with van der Waals surface area (Å²) >= 11 is 6.49. The van der Waals surface area contributed by atoms with Crippen molar-refractivity contribution < 1.29 is 23.6 Å². The summed E-state index contributed by atoms with van der Waals surface area (Å²) < 4.78 is 28.3. The number of rotatable bonds is 6. The standard InChI is InChI=1S/C42H55ClN4O5S/c1-5-7-29-18-35(43)11-12-36(29)34-24-47-23-32-9-13-37(32)42(49,26-46-17-15-31-21-44-40(51-4)20-33(31)22-46)16-6-8-27(2)28(3)53(50)45-41(48)30-10-14-39(52-25-34)38(47)19-30/h10-12,14,18-21,27-28,32,34,37,49H,5-9,13,15-17,22-26H2,1-4H3,(H,45,48). The second-order valence-corrected chi connectivity index (χ2v) is 18.0. The molecule has 0 saturated heterocycles. The third kappa shape index (κ3) is 8.26. The maximum Gasteiger partial charge on any atom is 0.263 e. The molecule has 11 heteroatoms. The van der Waals surface area contributed by atoms with Gasteiger partial charge in [-0.05, 0) is 116 Å². The fourth-order valence-electron chi connectivity index (χ4n) is 9.14.